The lowest BCUT2D eigenvalue weighted by molar-refractivity contribution is -0.135. The third-order valence-electron chi connectivity index (χ3n) is 8.96. The lowest BCUT2D eigenvalue weighted by atomic mass is 9.67. The molecule has 204 valence electrons. The van der Waals surface area contributed by atoms with E-state index >= 15 is 0 Å². The van der Waals surface area contributed by atoms with Crippen LogP contribution in [0.2, 0.25) is 10.0 Å². The van der Waals surface area contributed by atoms with Crippen LogP contribution in [0.4, 0.5) is 0 Å². The number of rotatable bonds is 8. The van der Waals surface area contributed by atoms with Gasteiger partial charge in [-0.1, -0.05) is 55.2 Å². The molecule has 0 amide bonds. The van der Waals surface area contributed by atoms with Gasteiger partial charge in [-0.05, 0) is 61.6 Å². The molecule has 7 nitrogen and oxygen atoms in total. The molecule has 0 spiro atoms. The topological polar surface area (TPSA) is 105 Å². The highest BCUT2D eigenvalue weighted by Gasteiger charge is 2.60. The first-order valence-electron chi connectivity index (χ1n) is 13.4. The Kier molecular flexibility index (Phi) is 7.75. The van der Waals surface area contributed by atoms with Crippen LogP contribution in [0.1, 0.15) is 70.1 Å². The average molecular weight is 562 g/mol. The van der Waals surface area contributed by atoms with Crippen molar-refractivity contribution in [1.82, 2.24) is 5.16 Å². The lowest BCUT2D eigenvalue weighted by Crippen LogP contribution is -2.55. The standard InChI is InChI=1S/C29H34Cl2N2O5/c1-4-15(2)27-20(26(33-38-27)25-22(30)6-5-7-23(25)31)14-37-19-12-18-10-16(3)21(13-19)29(18,36)24-11-17(28(34)35)8-9-32-24/h5-9,15-16,18-19,21,24,36H,4,10-14H2,1-3H3,(H,34,35)/t15?,16-,18+,19+,21+,24?,29-/m0/s1. The fraction of sp³-hybridized carbons (Fsp3) is 0.552. The minimum atomic E-state index is -1.04. The number of halogens is 2. The van der Waals surface area contributed by atoms with Crippen LogP contribution < -0.4 is 0 Å². The Bertz CT molecular complexity index is 1250. The molecule has 2 bridgehead atoms. The van der Waals surface area contributed by atoms with E-state index in [0.717, 1.165) is 24.2 Å². The van der Waals surface area contributed by atoms with Crippen molar-refractivity contribution < 1.29 is 24.3 Å². The molecule has 9 heteroatoms. The van der Waals surface area contributed by atoms with Gasteiger partial charge in [0.1, 0.15) is 11.5 Å². The van der Waals surface area contributed by atoms with Crippen LogP contribution in [-0.2, 0) is 16.1 Å². The van der Waals surface area contributed by atoms with Gasteiger partial charge in [0.15, 0.2) is 0 Å². The zero-order valence-corrected chi connectivity index (χ0v) is 23.4. The van der Waals surface area contributed by atoms with Gasteiger partial charge in [-0.25, -0.2) is 4.79 Å². The number of aliphatic hydroxyl groups is 1. The number of carboxylic acids is 1. The van der Waals surface area contributed by atoms with Gasteiger partial charge < -0.3 is 19.5 Å². The average Bonchev–Trinajstić information content (AvgIpc) is 3.34. The monoisotopic (exact) mass is 560 g/mol. The molecule has 1 aliphatic heterocycles. The summed E-state index contributed by atoms with van der Waals surface area (Å²) in [5.41, 5.74) is 1.34. The van der Waals surface area contributed by atoms with E-state index in [1.165, 1.54) is 12.3 Å². The Hall–Kier alpha value is -2.19. The third-order valence-corrected chi connectivity index (χ3v) is 9.59. The molecule has 38 heavy (non-hydrogen) atoms. The van der Waals surface area contributed by atoms with Crippen molar-refractivity contribution in [2.45, 2.75) is 83.1 Å². The van der Waals surface area contributed by atoms with Gasteiger partial charge in [-0.2, -0.15) is 0 Å². The number of hydrogen-bond acceptors (Lipinski definition) is 6. The molecule has 1 aromatic heterocycles. The van der Waals surface area contributed by atoms with Crippen LogP contribution in [0.5, 0.6) is 0 Å². The smallest absolute Gasteiger partial charge is 0.331 e. The van der Waals surface area contributed by atoms with Gasteiger partial charge in [0.25, 0.3) is 0 Å². The zero-order chi connectivity index (χ0) is 27.2. The molecule has 2 unspecified atom stereocenters. The Labute approximate surface area is 232 Å². The van der Waals surface area contributed by atoms with Crippen molar-refractivity contribution in [2.24, 2.45) is 22.7 Å². The first-order valence-corrected chi connectivity index (χ1v) is 14.1. The summed E-state index contributed by atoms with van der Waals surface area (Å²) < 4.78 is 12.3. The number of aliphatic imine (C=N–C) groups is 1. The summed E-state index contributed by atoms with van der Waals surface area (Å²) in [7, 11) is 0. The molecule has 2 fully saturated rings. The van der Waals surface area contributed by atoms with Crippen LogP contribution in [0, 0.1) is 17.8 Å². The van der Waals surface area contributed by atoms with E-state index < -0.39 is 17.6 Å². The Balaban J connectivity index is 1.37. The van der Waals surface area contributed by atoms with E-state index in [4.69, 9.17) is 32.5 Å². The van der Waals surface area contributed by atoms with E-state index in [2.05, 4.69) is 30.9 Å². The van der Waals surface area contributed by atoms with Crippen molar-refractivity contribution in [2.75, 3.05) is 0 Å². The first kappa shape index (κ1) is 27.4. The summed E-state index contributed by atoms with van der Waals surface area (Å²) in [6, 6.07) is 4.91. The van der Waals surface area contributed by atoms with Crippen LogP contribution in [0.15, 0.2) is 39.4 Å². The largest absolute Gasteiger partial charge is 0.478 e. The summed E-state index contributed by atoms with van der Waals surface area (Å²) in [6.07, 6.45) is 6.35. The van der Waals surface area contributed by atoms with Crippen LogP contribution >= 0.6 is 23.2 Å². The molecule has 2 heterocycles. The highest BCUT2D eigenvalue weighted by Crippen LogP contribution is 2.56. The number of carboxylic acid groups (broad SMARTS) is 1. The SMILES string of the molecule is CCC(C)c1onc(-c2c(Cl)cccc2Cl)c1CO[C@@H]1C[C@H]2C[C@H](C)[C@@H](C1)[C@]2(O)C1CC(C(=O)O)=CC=N1. The predicted molar refractivity (Wildman–Crippen MR) is 147 cm³/mol. The number of nitrogens with zero attached hydrogens (tertiary/aromatic N) is 2. The van der Waals surface area contributed by atoms with Crippen molar-refractivity contribution in [3.05, 3.63) is 51.2 Å². The van der Waals surface area contributed by atoms with Gasteiger partial charge >= 0.3 is 5.97 Å². The molecule has 3 aliphatic rings. The minimum Gasteiger partial charge on any atom is -0.478 e. The predicted octanol–water partition coefficient (Wildman–Crippen LogP) is 6.70. The molecule has 0 saturated heterocycles. The summed E-state index contributed by atoms with van der Waals surface area (Å²) >= 11 is 13.0. The number of aromatic nitrogens is 1. The van der Waals surface area contributed by atoms with E-state index in [0.29, 0.717) is 46.3 Å². The quantitative estimate of drug-likeness (QED) is 0.372. The molecule has 7 atom stereocenters. The molecule has 2 aliphatic carbocycles. The highest BCUT2D eigenvalue weighted by atomic mass is 35.5. The second-order valence-corrected chi connectivity index (χ2v) is 11.9. The Morgan fingerprint density at radius 1 is 1.26 bits per heavy atom. The second-order valence-electron chi connectivity index (χ2n) is 11.1. The molecule has 0 radical (unpaired) electrons. The number of ether oxygens (including phenoxy) is 1. The molecular formula is C29H34Cl2N2O5. The number of dihydropyridines is 1. The fourth-order valence-corrected chi connectivity index (χ4v) is 7.36. The van der Waals surface area contributed by atoms with E-state index in [1.54, 1.807) is 18.2 Å². The maximum atomic E-state index is 12.0. The summed E-state index contributed by atoms with van der Waals surface area (Å²) in [6.45, 7) is 6.65. The zero-order valence-electron chi connectivity index (χ0n) is 21.9. The Morgan fingerprint density at radius 2 is 2.00 bits per heavy atom. The fourth-order valence-electron chi connectivity index (χ4n) is 6.78. The normalized spacial score (nSPS) is 31.3. The summed E-state index contributed by atoms with van der Waals surface area (Å²) in [5.74, 6) is 0.191. The van der Waals surface area contributed by atoms with Crippen molar-refractivity contribution in [1.29, 1.82) is 0 Å². The second kappa shape index (κ2) is 10.8. The highest BCUT2D eigenvalue weighted by molar-refractivity contribution is 6.39. The van der Waals surface area contributed by atoms with Crippen LogP contribution in [-0.4, -0.2) is 45.3 Å². The summed E-state index contributed by atoms with van der Waals surface area (Å²) in [4.78, 5) is 16.1. The van der Waals surface area contributed by atoms with E-state index in [1.807, 2.05) is 0 Å². The van der Waals surface area contributed by atoms with Crippen molar-refractivity contribution in [3.8, 4) is 11.3 Å². The van der Waals surface area contributed by atoms with Gasteiger partial charge in [-0.15, -0.1) is 0 Å². The van der Waals surface area contributed by atoms with Crippen molar-refractivity contribution >= 4 is 35.4 Å². The van der Waals surface area contributed by atoms with Gasteiger partial charge in [0, 0.05) is 35.3 Å². The van der Waals surface area contributed by atoms with Crippen LogP contribution in [0.3, 0.4) is 0 Å². The molecule has 2 aromatic rings. The lowest BCUT2D eigenvalue weighted by Gasteiger charge is -2.47. The number of hydrogen-bond donors (Lipinski definition) is 2. The van der Waals surface area contributed by atoms with E-state index in [-0.39, 0.29) is 36.2 Å². The van der Waals surface area contributed by atoms with Gasteiger partial charge in [0.05, 0.1) is 34.4 Å². The maximum Gasteiger partial charge on any atom is 0.331 e. The van der Waals surface area contributed by atoms with Gasteiger partial charge in [0.2, 0.25) is 0 Å². The number of carbonyl (C=O) groups is 1. The molecule has 1 aromatic carbocycles. The Morgan fingerprint density at radius 3 is 2.66 bits per heavy atom. The maximum absolute atomic E-state index is 12.0. The molecule has 2 saturated carbocycles. The third kappa shape index (κ3) is 4.72. The number of aliphatic carboxylic acids is 1. The minimum absolute atomic E-state index is 0.0226. The van der Waals surface area contributed by atoms with E-state index in [9.17, 15) is 15.0 Å². The van der Waals surface area contributed by atoms with Gasteiger partial charge in [-0.3, -0.25) is 4.99 Å². The van der Waals surface area contributed by atoms with Crippen molar-refractivity contribution in [3.63, 3.8) is 0 Å². The molecule has 5 rings (SSSR count). The first-order chi connectivity index (χ1) is 18.1. The van der Waals surface area contributed by atoms with Crippen LogP contribution in [0.25, 0.3) is 11.3 Å². The summed E-state index contributed by atoms with van der Waals surface area (Å²) in [5, 5.41) is 26.9. The number of allylic oxidation sites excluding steroid dienone is 1. The number of benzene rings is 1. The molecular weight excluding hydrogens is 527 g/mol. The number of fused-ring (bicyclic) bond motifs is 2. The molecule has 2 N–H and O–H groups in total.